The van der Waals surface area contributed by atoms with Crippen LogP contribution in [0.3, 0.4) is 0 Å². The zero-order valence-electron chi connectivity index (χ0n) is 16.3. The second kappa shape index (κ2) is 9.51. The first-order valence-electron chi connectivity index (χ1n) is 8.93. The number of carbonyl (C=O) groups is 1. The van der Waals surface area contributed by atoms with Crippen molar-refractivity contribution in [3.05, 3.63) is 24.3 Å². The molecule has 0 aromatic heterocycles. The zero-order valence-corrected chi connectivity index (χ0v) is 17.1. The summed E-state index contributed by atoms with van der Waals surface area (Å²) in [6.07, 6.45) is 5.10. The monoisotopic (exact) mass is 389 g/mol. The van der Waals surface area contributed by atoms with Crippen molar-refractivity contribution < 1.29 is 9.53 Å². The van der Waals surface area contributed by atoms with Crippen LogP contribution < -0.4 is 15.5 Å². The number of ether oxygens (including phenoxy) is 1. The average molecular weight is 390 g/mol. The summed E-state index contributed by atoms with van der Waals surface area (Å²) in [6.45, 7) is 7.20. The van der Waals surface area contributed by atoms with Gasteiger partial charge >= 0.3 is 6.09 Å². The molecule has 27 heavy (non-hydrogen) atoms. The van der Waals surface area contributed by atoms with E-state index < -0.39 is 5.60 Å². The Balaban J connectivity index is 2.00. The first-order valence-corrected chi connectivity index (χ1v) is 10.2. The number of rotatable bonds is 3. The van der Waals surface area contributed by atoms with E-state index in [0.29, 0.717) is 5.17 Å². The van der Waals surface area contributed by atoms with Gasteiger partial charge in [0, 0.05) is 19.1 Å². The van der Waals surface area contributed by atoms with E-state index in [1.54, 1.807) is 0 Å². The highest BCUT2D eigenvalue weighted by Gasteiger charge is 2.24. The maximum atomic E-state index is 11.9. The number of nitrogens with one attached hydrogen (secondary N) is 2. The van der Waals surface area contributed by atoms with Crippen molar-refractivity contribution in [3.8, 4) is 6.19 Å². The first kappa shape index (κ1) is 20.9. The fourth-order valence-electron chi connectivity index (χ4n) is 2.85. The molecule has 1 fully saturated rings. The van der Waals surface area contributed by atoms with Gasteiger partial charge in [-0.2, -0.15) is 5.26 Å². The fourth-order valence-corrected chi connectivity index (χ4v) is 3.18. The molecule has 0 radical (unpaired) electrons. The molecular weight excluding hydrogens is 362 g/mol. The lowest BCUT2D eigenvalue weighted by atomic mass is 10.0. The molecule has 0 unspecified atom stereocenters. The number of piperidine rings is 1. The van der Waals surface area contributed by atoms with Crippen molar-refractivity contribution >= 4 is 34.4 Å². The number of thioether (sulfide) groups is 1. The van der Waals surface area contributed by atoms with E-state index in [2.05, 4.69) is 20.5 Å². The Labute approximate surface area is 165 Å². The lowest BCUT2D eigenvalue weighted by molar-refractivity contribution is 0.0497. The molecule has 7 nitrogen and oxygen atoms in total. The highest BCUT2D eigenvalue weighted by Crippen LogP contribution is 2.31. The summed E-state index contributed by atoms with van der Waals surface area (Å²) in [6, 6.07) is 7.99. The summed E-state index contributed by atoms with van der Waals surface area (Å²) in [5.41, 5.74) is 1.36. The van der Waals surface area contributed by atoms with Crippen LogP contribution in [0.1, 0.15) is 33.6 Å². The highest BCUT2D eigenvalue weighted by atomic mass is 32.2. The van der Waals surface area contributed by atoms with E-state index >= 15 is 0 Å². The van der Waals surface area contributed by atoms with Gasteiger partial charge in [0.05, 0.1) is 11.4 Å². The van der Waals surface area contributed by atoms with Crippen LogP contribution in [-0.4, -0.2) is 42.2 Å². The number of aliphatic imine (C=N–C) groups is 1. The summed E-state index contributed by atoms with van der Waals surface area (Å²) in [5, 5.41) is 14.9. The molecule has 0 saturated carbocycles. The molecule has 1 aromatic rings. The molecule has 1 amide bonds. The number of amides is 1. The van der Waals surface area contributed by atoms with Crippen LogP contribution in [0, 0.1) is 11.5 Å². The largest absolute Gasteiger partial charge is 0.444 e. The standard InChI is InChI=1S/C19H27N5O2S/c1-19(2,3)26-18(25)22-14-9-11-24(12-10-14)16-8-6-5-7-15(16)23-17(27-4)21-13-20/h5-8,14H,9-12H2,1-4H3,(H,21,23)(H,22,25). The van der Waals surface area contributed by atoms with E-state index in [0.717, 1.165) is 37.3 Å². The Morgan fingerprint density at radius 3 is 2.59 bits per heavy atom. The molecule has 1 aromatic carbocycles. The summed E-state index contributed by atoms with van der Waals surface area (Å²) >= 11 is 1.39. The Morgan fingerprint density at radius 2 is 2.00 bits per heavy atom. The van der Waals surface area contributed by atoms with E-state index in [-0.39, 0.29) is 12.1 Å². The number of amidine groups is 1. The molecule has 0 aliphatic carbocycles. The summed E-state index contributed by atoms with van der Waals surface area (Å²) in [4.78, 5) is 18.8. The number of para-hydroxylation sites is 2. The maximum absolute atomic E-state index is 11.9. The molecule has 1 saturated heterocycles. The third kappa shape index (κ3) is 6.68. The van der Waals surface area contributed by atoms with Crippen LogP contribution in [0.5, 0.6) is 0 Å². The molecule has 0 bridgehead atoms. The second-order valence-corrected chi connectivity index (χ2v) is 8.05. The number of benzene rings is 1. The maximum Gasteiger partial charge on any atom is 0.407 e. The second-order valence-electron chi connectivity index (χ2n) is 7.25. The van der Waals surface area contributed by atoms with Gasteiger partial charge in [0.1, 0.15) is 5.60 Å². The van der Waals surface area contributed by atoms with Gasteiger partial charge in [-0.1, -0.05) is 23.9 Å². The average Bonchev–Trinajstić information content (AvgIpc) is 2.61. The normalized spacial score (nSPS) is 15.8. The Morgan fingerprint density at radius 1 is 1.33 bits per heavy atom. The van der Waals surface area contributed by atoms with Crippen molar-refractivity contribution in [2.45, 2.75) is 45.3 Å². The lowest BCUT2D eigenvalue weighted by Crippen LogP contribution is -2.46. The third-order valence-electron chi connectivity index (χ3n) is 4.02. The summed E-state index contributed by atoms with van der Waals surface area (Å²) in [7, 11) is 0. The molecule has 1 aliphatic heterocycles. The minimum atomic E-state index is -0.492. The van der Waals surface area contributed by atoms with Crippen LogP contribution >= 0.6 is 11.8 Å². The highest BCUT2D eigenvalue weighted by molar-refractivity contribution is 8.13. The van der Waals surface area contributed by atoms with Gasteiger partial charge in [0.15, 0.2) is 11.4 Å². The number of anilines is 1. The van der Waals surface area contributed by atoms with Gasteiger partial charge in [-0.15, -0.1) is 0 Å². The predicted molar refractivity (Wildman–Crippen MR) is 110 cm³/mol. The van der Waals surface area contributed by atoms with E-state index in [4.69, 9.17) is 10.00 Å². The number of nitriles is 1. The van der Waals surface area contributed by atoms with Crippen molar-refractivity contribution in [2.75, 3.05) is 24.2 Å². The number of carbonyl (C=O) groups excluding carboxylic acids is 1. The quantitative estimate of drug-likeness (QED) is 0.355. The van der Waals surface area contributed by atoms with Gasteiger partial charge in [0.25, 0.3) is 0 Å². The van der Waals surface area contributed by atoms with Gasteiger partial charge in [-0.05, 0) is 52.0 Å². The van der Waals surface area contributed by atoms with Crippen LogP contribution in [0.25, 0.3) is 0 Å². The minimum absolute atomic E-state index is 0.105. The van der Waals surface area contributed by atoms with Crippen LogP contribution in [0.2, 0.25) is 0 Å². The van der Waals surface area contributed by atoms with E-state index in [9.17, 15) is 4.79 Å². The predicted octanol–water partition coefficient (Wildman–Crippen LogP) is 3.60. The van der Waals surface area contributed by atoms with Gasteiger partial charge in [-0.25, -0.2) is 9.79 Å². The number of hydrogen-bond acceptors (Lipinski definition) is 6. The van der Waals surface area contributed by atoms with E-state index in [1.807, 2.05) is 57.5 Å². The van der Waals surface area contributed by atoms with Gasteiger partial charge < -0.3 is 15.0 Å². The molecule has 146 valence electrons. The minimum Gasteiger partial charge on any atom is -0.444 e. The first-order chi connectivity index (χ1) is 12.8. The molecule has 0 spiro atoms. The zero-order chi connectivity index (χ0) is 19.9. The van der Waals surface area contributed by atoms with Crippen LogP contribution in [-0.2, 0) is 4.74 Å². The molecule has 2 N–H and O–H groups in total. The SMILES string of the molecule is CSC(=Nc1ccccc1N1CCC(NC(=O)OC(C)(C)C)CC1)NC#N. The molecule has 1 heterocycles. The molecule has 8 heteroatoms. The van der Waals surface area contributed by atoms with Crippen LogP contribution in [0.4, 0.5) is 16.2 Å². The lowest BCUT2D eigenvalue weighted by Gasteiger charge is -2.34. The Bertz CT molecular complexity index is 716. The van der Waals surface area contributed by atoms with Crippen molar-refractivity contribution in [3.63, 3.8) is 0 Å². The number of nitrogens with zero attached hydrogens (tertiary/aromatic N) is 3. The Kier molecular flexibility index (Phi) is 7.36. The Hall–Kier alpha value is -2.40. The molecular formula is C19H27N5O2S. The topological polar surface area (TPSA) is 89.8 Å². The van der Waals surface area contributed by atoms with Crippen molar-refractivity contribution in [1.82, 2.24) is 10.6 Å². The third-order valence-corrected chi connectivity index (χ3v) is 4.60. The summed E-state index contributed by atoms with van der Waals surface area (Å²) < 4.78 is 5.33. The fraction of sp³-hybridized carbons (Fsp3) is 0.526. The summed E-state index contributed by atoms with van der Waals surface area (Å²) in [5.74, 6) is 0. The van der Waals surface area contributed by atoms with E-state index in [1.165, 1.54) is 11.8 Å². The van der Waals surface area contributed by atoms with Crippen molar-refractivity contribution in [2.24, 2.45) is 4.99 Å². The van der Waals surface area contributed by atoms with Crippen molar-refractivity contribution in [1.29, 1.82) is 5.26 Å². The molecule has 0 atom stereocenters. The van der Waals surface area contributed by atoms with Crippen LogP contribution in [0.15, 0.2) is 29.3 Å². The molecule has 2 rings (SSSR count). The smallest absolute Gasteiger partial charge is 0.407 e. The van der Waals surface area contributed by atoms with Gasteiger partial charge in [-0.3, -0.25) is 5.32 Å². The van der Waals surface area contributed by atoms with Gasteiger partial charge in [0.2, 0.25) is 0 Å². The number of hydrogen-bond donors (Lipinski definition) is 2. The number of alkyl carbamates (subject to hydrolysis) is 1. The molecule has 1 aliphatic rings.